The molecule has 1 N–H and O–H groups in total. The number of hydrogen-bond donors (Lipinski definition) is 1. The first-order chi connectivity index (χ1) is 13.4. The zero-order valence-electron chi connectivity index (χ0n) is 15.8. The van der Waals surface area contributed by atoms with Crippen LogP contribution in [0.4, 0.5) is 5.69 Å². The van der Waals surface area contributed by atoms with Crippen LogP contribution in [-0.4, -0.2) is 41.0 Å². The van der Waals surface area contributed by atoms with Crippen molar-refractivity contribution in [2.24, 2.45) is 0 Å². The predicted molar refractivity (Wildman–Crippen MR) is 102 cm³/mol. The molecule has 3 rings (SSSR count). The maximum absolute atomic E-state index is 12.5. The van der Waals surface area contributed by atoms with Gasteiger partial charge >= 0.3 is 0 Å². The van der Waals surface area contributed by atoms with Crippen molar-refractivity contribution in [3.63, 3.8) is 0 Å². The standard InChI is InChI=1S/C20H20N4O4/c1-13-21-18(23-28-13)12-27-15-10-8-14(9-11-15)19(25)22-17-7-5-4-6-16(17)20(26)24(2)3/h4-11H,12H2,1-3H3,(H,22,25). The van der Waals surface area contributed by atoms with E-state index in [1.54, 1.807) is 69.6 Å². The summed E-state index contributed by atoms with van der Waals surface area (Å²) in [6.07, 6.45) is 0. The molecule has 0 saturated heterocycles. The Hall–Kier alpha value is -3.68. The average molecular weight is 380 g/mol. The highest BCUT2D eigenvalue weighted by Gasteiger charge is 2.15. The SMILES string of the molecule is Cc1nc(COc2ccc(C(=O)Nc3ccccc3C(=O)N(C)C)cc2)no1. The molecule has 0 aliphatic rings. The van der Waals surface area contributed by atoms with Gasteiger partial charge < -0.3 is 19.5 Å². The van der Waals surface area contributed by atoms with Gasteiger partial charge in [0, 0.05) is 26.6 Å². The van der Waals surface area contributed by atoms with Crippen LogP contribution in [-0.2, 0) is 6.61 Å². The Morgan fingerprint density at radius 3 is 2.46 bits per heavy atom. The summed E-state index contributed by atoms with van der Waals surface area (Å²) in [6.45, 7) is 1.87. The molecule has 2 amide bonds. The highest BCUT2D eigenvalue weighted by atomic mass is 16.5. The fraction of sp³-hybridized carbons (Fsp3) is 0.200. The zero-order chi connectivity index (χ0) is 20.1. The van der Waals surface area contributed by atoms with Crippen molar-refractivity contribution < 1.29 is 18.8 Å². The Kier molecular flexibility index (Phi) is 5.69. The Morgan fingerprint density at radius 2 is 1.82 bits per heavy atom. The molecule has 0 aliphatic carbocycles. The molecule has 0 atom stereocenters. The van der Waals surface area contributed by atoms with Crippen LogP contribution in [0.5, 0.6) is 5.75 Å². The number of nitrogens with zero attached hydrogens (tertiary/aromatic N) is 3. The van der Waals surface area contributed by atoms with Gasteiger partial charge in [0.25, 0.3) is 11.8 Å². The quantitative estimate of drug-likeness (QED) is 0.706. The van der Waals surface area contributed by atoms with Gasteiger partial charge in [0.05, 0.1) is 11.3 Å². The second-order valence-corrected chi connectivity index (χ2v) is 6.24. The molecule has 0 saturated carbocycles. The summed E-state index contributed by atoms with van der Waals surface area (Å²) < 4.78 is 10.4. The van der Waals surface area contributed by atoms with Crippen molar-refractivity contribution in [1.29, 1.82) is 0 Å². The fourth-order valence-electron chi connectivity index (χ4n) is 2.46. The van der Waals surface area contributed by atoms with Crippen molar-refractivity contribution in [3.8, 4) is 5.75 Å². The number of benzene rings is 2. The smallest absolute Gasteiger partial charge is 0.255 e. The molecule has 8 heteroatoms. The molecule has 1 aromatic heterocycles. The van der Waals surface area contributed by atoms with Gasteiger partial charge in [-0.1, -0.05) is 17.3 Å². The molecule has 0 unspecified atom stereocenters. The molecule has 0 aliphatic heterocycles. The summed E-state index contributed by atoms with van der Waals surface area (Å²) in [5.41, 5.74) is 1.32. The summed E-state index contributed by atoms with van der Waals surface area (Å²) in [5, 5.41) is 6.54. The number of ether oxygens (including phenoxy) is 1. The second-order valence-electron chi connectivity index (χ2n) is 6.24. The van der Waals surface area contributed by atoms with Crippen molar-refractivity contribution in [1.82, 2.24) is 15.0 Å². The lowest BCUT2D eigenvalue weighted by atomic mass is 10.1. The molecular weight excluding hydrogens is 360 g/mol. The van der Waals surface area contributed by atoms with Crippen LogP contribution in [0.1, 0.15) is 32.4 Å². The van der Waals surface area contributed by atoms with E-state index in [1.807, 2.05) is 0 Å². The van der Waals surface area contributed by atoms with Gasteiger partial charge in [0.15, 0.2) is 6.61 Å². The molecule has 8 nitrogen and oxygen atoms in total. The van der Waals surface area contributed by atoms with Gasteiger partial charge in [0.2, 0.25) is 11.7 Å². The third-order valence-corrected chi connectivity index (χ3v) is 3.87. The molecule has 144 valence electrons. The third-order valence-electron chi connectivity index (χ3n) is 3.87. The maximum Gasteiger partial charge on any atom is 0.255 e. The Balaban J connectivity index is 1.66. The summed E-state index contributed by atoms with van der Waals surface area (Å²) in [4.78, 5) is 30.3. The van der Waals surface area contributed by atoms with Gasteiger partial charge in [-0.05, 0) is 36.4 Å². The molecule has 0 fully saturated rings. The van der Waals surface area contributed by atoms with Crippen LogP contribution in [0.25, 0.3) is 0 Å². The van der Waals surface area contributed by atoms with Crippen LogP contribution in [0.2, 0.25) is 0 Å². The largest absolute Gasteiger partial charge is 0.485 e. The third kappa shape index (κ3) is 4.53. The molecule has 3 aromatic rings. The van der Waals surface area contributed by atoms with E-state index in [0.717, 1.165) is 0 Å². The van der Waals surface area contributed by atoms with E-state index in [1.165, 1.54) is 4.90 Å². The van der Waals surface area contributed by atoms with Crippen LogP contribution in [0.3, 0.4) is 0 Å². The molecular formula is C20H20N4O4. The fourth-order valence-corrected chi connectivity index (χ4v) is 2.46. The lowest BCUT2D eigenvalue weighted by Gasteiger charge is -2.14. The number of amides is 2. The summed E-state index contributed by atoms with van der Waals surface area (Å²) in [5.74, 6) is 0.984. The normalized spacial score (nSPS) is 10.4. The van der Waals surface area contributed by atoms with Gasteiger partial charge in [-0.3, -0.25) is 9.59 Å². The minimum Gasteiger partial charge on any atom is -0.485 e. The predicted octanol–water partition coefficient (Wildman–Crippen LogP) is 2.91. The zero-order valence-corrected chi connectivity index (χ0v) is 15.8. The molecule has 0 bridgehead atoms. The van der Waals surface area contributed by atoms with Crippen LogP contribution >= 0.6 is 0 Å². The van der Waals surface area contributed by atoms with E-state index in [-0.39, 0.29) is 18.4 Å². The van der Waals surface area contributed by atoms with Gasteiger partial charge in [-0.15, -0.1) is 0 Å². The number of para-hydroxylation sites is 1. The lowest BCUT2D eigenvalue weighted by Crippen LogP contribution is -2.24. The number of rotatable bonds is 6. The molecule has 28 heavy (non-hydrogen) atoms. The first kappa shape index (κ1) is 19.1. The Bertz CT molecular complexity index is 980. The second kappa shape index (κ2) is 8.34. The van der Waals surface area contributed by atoms with Crippen LogP contribution in [0.15, 0.2) is 53.1 Å². The summed E-state index contributed by atoms with van der Waals surface area (Å²) in [7, 11) is 3.32. The lowest BCUT2D eigenvalue weighted by molar-refractivity contribution is 0.0828. The monoisotopic (exact) mass is 380 g/mol. The highest BCUT2D eigenvalue weighted by Crippen LogP contribution is 2.19. The van der Waals surface area contributed by atoms with Crippen molar-refractivity contribution in [2.75, 3.05) is 19.4 Å². The number of aryl methyl sites for hydroxylation is 1. The number of carbonyl (C=O) groups is 2. The van der Waals surface area contributed by atoms with E-state index in [2.05, 4.69) is 15.5 Å². The van der Waals surface area contributed by atoms with Gasteiger partial charge in [-0.25, -0.2) is 0 Å². The molecule has 2 aromatic carbocycles. The number of nitrogens with one attached hydrogen (secondary N) is 1. The summed E-state index contributed by atoms with van der Waals surface area (Å²) >= 11 is 0. The van der Waals surface area contributed by atoms with Crippen LogP contribution < -0.4 is 10.1 Å². The summed E-state index contributed by atoms with van der Waals surface area (Å²) in [6, 6.07) is 13.5. The minimum atomic E-state index is -0.320. The van der Waals surface area contributed by atoms with E-state index in [0.29, 0.717) is 34.3 Å². The topological polar surface area (TPSA) is 97.6 Å². The minimum absolute atomic E-state index is 0.170. The first-order valence-corrected chi connectivity index (χ1v) is 8.58. The van der Waals surface area contributed by atoms with Crippen molar-refractivity contribution in [2.45, 2.75) is 13.5 Å². The Morgan fingerprint density at radius 1 is 1.11 bits per heavy atom. The van der Waals surface area contributed by atoms with E-state index in [4.69, 9.17) is 9.26 Å². The number of hydrogen-bond acceptors (Lipinski definition) is 6. The molecule has 1 heterocycles. The van der Waals surface area contributed by atoms with Crippen molar-refractivity contribution >= 4 is 17.5 Å². The van der Waals surface area contributed by atoms with E-state index >= 15 is 0 Å². The van der Waals surface area contributed by atoms with E-state index < -0.39 is 0 Å². The maximum atomic E-state index is 12.5. The number of aromatic nitrogens is 2. The first-order valence-electron chi connectivity index (χ1n) is 8.58. The Labute approximate surface area is 162 Å². The van der Waals surface area contributed by atoms with E-state index in [9.17, 15) is 9.59 Å². The number of carbonyl (C=O) groups excluding carboxylic acids is 2. The molecule has 0 radical (unpaired) electrons. The molecule has 0 spiro atoms. The van der Waals surface area contributed by atoms with Gasteiger partial charge in [0.1, 0.15) is 5.75 Å². The average Bonchev–Trinajstić information content (AvgIpc) is 3.11. The van der Waals surface area contributed by atoms with Crippen LogP contribution in [0, 0.1) is 6.92 Å². The van der Waals surface area contributed by atoms with Gasteiger partial charge in [-0.2, -0.15) is 4.98 Å². The highest BCUT2D eigenvalue weighted by molar-refractivity contribution is 6.08. The van der Waals surface area contributed by atoms with Crippen molar-refractivity contribution in [3.05, 3.63) is 71.4 Å². The number of anilines is 1.